The zero-order valence-corrected chi connectivity index (χ0v) is 18.6. The molecule has 0 bridgehead atoms. The molecule has 0 aliphatic heterocycles. The Bertz CT molecular complexity index is 1270. The minimum absolute atomic E-state index is 0.135. The molecule has 8 heteroatoms. The predicted octanol–water partition coefficient (Wildman–Crippen LogP) is 4.58. The van der Waals surface area contributed by atoms with Gasteiger partial charge in [-0.2, -0.15) is 0 Å². The summed E-state index contributed by atoms with van der Waals surface area (Å²) in [5, 5.41) is 14.6. The first-order valence-electron chi connectivity index (χ1n) is 10.3. The van der Waals surface area contributed by atoms with Crippen LogP contribution in [-0.4, -0.2) is 32.2 Å². The van der Waals surface area contributed by atoms with Crippen molar-refractivity contribution in [3.05, 3.63) is 83.6 Å². The Balaban J connectivity index is 1.42. The number of thioether (sulfide) groups is 1. The zero-order valence-electron chi connectivity index (χ0n) is 17.8. The topological polar surface area (TPSA) is 88.4 Å². The third-order valence-corrected chi connectivity index (χ3v) is 5.83. The highest BCUT2D eigenvalue weighted by molar-refractivity contribution is 7.99. The number of aryl methyl sites for hydroxylation is 2. The highest BCUT2D eigenvalue weighted by Crippen LogP contribution is 2.19. The van der Waals surface area contributed by atoms with Gasteiger partial charge in [0.15, 0.2) is 10.8 Å². The van der Waals surface area contributed by atoms with Gasteiger partial charge in [0.05, 0.1) is 11.3 Å². The van der Waals surface area contributed by atoms with Crippen LogP contribution in [0.3, 0.4) is 0 Å². The molecule has 4 aromatic rings. The third kappa shape index (κ3) is 5.15. The molecule has 2 heterocycles. The van der Waals surface area contributed by atoms with Crippen LogP contribution in [0, 0.1) is 6.92 Å². The van der Waals surface area contributed by atoms with Crippen LogP contribution in [-0.2, 0) is 11.2 Å². The van der Waals surface area contributed by atoms with E-state index in [-0.39, 0.29) is 17.6 Å². The Morgan fingerprint density at radius 2 is 1.78 bits per heavy atom. The quantitative estimate of drug-likeness (QED) is 0.407. The number of benzene rings is 2. The van der Waals surface area contributed by atoms with Crippen molar-refractivity contribution in [2.75, 3.05) is 16.4 Å². The second-order valence-electron chi connectivity index (χ2n) is 7.34. The Kier molecular flexibility index (Phi) is 6.51. The van der Waals surface area contributed by atoms with Crippen molar-refractivity contribution in [2.45, 2.75) is 25.4 Å². The molecule has 0 aliphatic rings. The number of nitrogens with one attached hydrogen (secondary N) is 2. The lowest BCUT2D eigenvalue weighted by atomic mass is 10.1. The fourth-order valence-electron chi connectivity index (χ4n) is 3.18. The fraction of sp³-hybridized carbons (Fsp3) is 0.167. The van der Waals surface area contributed by atoms with E-state index in [2.05, 4.69) is 27.8 Å². The van der Waals surface area contributed by atoms with Gasteiger partial charge in [0.25, 0.3) is 5.91 Å². The molecule has 0 spiro atoms. The lowest BCUT2D eigenvalue weighted by molar-refractivity contribution is -0.113. The Labute approximate surface area is 190 Å². The van der Waals surface area contributed by atoms with Gasteiger partial charge in [-0.1, -0.05) is 43.0 Å². The summed E-state index contributed by atoms with van der Waals surface area (Å²) in [6.45, 7) is 4.06. The number of carbonyl (C=O) groups is 2. The number of anilines is 2. The van der Waals surface area contributed by atoms with Crippen LogP contribution in [0.5, 0.6) is 0 Å². The maximum Gasteiger partial charge on any atom is 0.257 e. The van der Waals surface area contributed by atoms with Gasteiger partial charge in [0.1, 0.15) is 0 Å². The number of hydrogen-bond donors (Lipinski definition) is 2. The van der Waals surface area contributed by atoms with Crippen molar-refractivity contribution in [1.29, 1.82) is 0 Å². The van der Waals surface area contributed by atoms with Crippen LogP contribution in [0.25, 0.3) is 5.65 Å². The molecule has 0 fully saturated rings. The monoisotopic (exact) mass is 445 g/mol. The van der Waals surface area contributed by atoms with Crippen LogP contribution in [0.4, 0.5) is 11.4 Å². The van der Waals surface area contributed by atoms with Gasteiger partial charge in [0, 0.05) is 17.6 Å². The molecule has 0 atom stereocenters. The second-order valence-corrected chi connectivity index (χ2v) is 8.28. The first kappa shape index (κ1) is 21.6. The SMILES string of the molecule is CCc1ccc(NC(=O)CSc2nnc3ccc(C(=O)Nc4cccc(C)c4)cn23)cc1. The van der Waals surface area contributed by atoms with Gasteiger partial charge in [-0.3, -0.25) is 14.0 Å². The van der Waals surface area contributed by atoms with E-state index in [1.807, 2.05) is 55.5 Å². The summed E-state index contributed by atoms with van der Waals surface area (Å²) in [5.74, 6) is -0.185. The van der Waals surface area contributed by atoms with Crippen molar-refractivity contribution < 1.29 is 9.59 Å². The highest BCUT2D eigenvalue weighted by Gasteiger charge is 2.13. The minimum atomic E-state index is -0.226. The van der Waals surface area contributed by atoms with E-state index in [4.69, 9.17) is 0 Å². The summed E-state index contributed by atoms with van der Waals surface area (Å²) in [6.07, 6.45) is 2.64. The first-order chi connectivity index (χ1) is 15.5. The maximum absolute atomic E-state index is 12.7. The molecule has 7 nitrogen and oxygen atoms in total. The van der Waals surface area contributed by atoms with Gasteiger partial charge in [-0.15, -0.1) is 10.2 Å². The number of fused-ring (bicyclic) bond motifs is 1. The van der Waals surface area contributed by atoms with Gasteiger partial charge < -0.3 is 10.6 Å². The molecule has 0 saturated heterocycles. The van der Waals surface area contributed by atoms with Crippen molar-refractivity contribution in [2.24, 2.45) is 0 Å². The number of carbonyl (C=O) groups excluding carboxylic acids is 2. The number of amides is 2. The molecule has 2 amide bonds. The first-order valence-corrected chi connectivity index (χ1v) is 11.2. The molecule has 2 N–H and O–H groups in total. The molecular formula is C24H23N5O2S. The van der Waals surface area contributed by atoms with Crippen LogP contribution < -0.4 is 10.6 Å². The van der Waals surface area contributed by atoms with Crippen molar-refractivity contribution >= 4 is 40.6 Å². The van der Waals surface area contributed by atoms with E-state index in [0.29, 0.717) is 16.4 Å². The molecule has 0 unspecified atom stereocenters. The second kappa shape index (κ2) is 9.65. The van der Waals surface area contributed by atoms with E-state index < -0.39 is 0 Å². The molecular weight excluding hydrogens is 422 g/mol. The lowest BCUT2D eigenvalue weighted by Crippen LogP contribution is -2.14. The number of aromatic nitrogens is 3. The summed E-state index contributed by atoms with van der Waals surface area (Å²) in [6, 6.07) is 18.8. The van der Waals surface area contributed by atoms with Crippen LogP contribution in [0.1, 0.15) is 28.4 Å². The summed E-state index contributed by atoms with van der Waals surface area (Å²) >= 11 is 1.26. The predicted molar refractivity (Wildman–Crippen MR) is 127 cm³/mol. The highest BCUT2D eigenvalue weighted by atomic mass is 32.2. The smallest absolute Gasteiger partial charge is 0.257 e. The molecule has 0 saturated carbocycles. The molecule has 0 aliphatic carbocycles. The number of hydrogen-bond acceptors (Lipinski definition) is 5. The van der Waals surface area contributed by atoms with Crippen molar-refractivity contribution in [1.82, 2.24) is 14.6 Å². The number of nitrogens with zero attached hydrogens (tertiary/aromatic N) is 3. The minimum Gasteiger partial charge on any atom is -0.325 e. The number of pyridine rings is 1. The van der Waals surface area contributed by atoms with Gasteiger partial charge in [-0.05, 0) is 60.9 Å². The lowest BCUT2D eigenvalue weighted by Gasteiger charge is -2.07. The summed E-state index contributed by atoms with van der Waals surface area (Å²) in [5.41, 5.74) is 4.85. The molecule has 0 radical (unpaired) electrons. The van der Waals surface area contributed by atoms with Crippen LogP contribution in [0.2, 0.25) is 0 Å². The molecule has 4 rings (SSSR count). The van der Waals surface area contributed by atoms with E-state index in [1.54, 1.807) is 22.7 Å². The van der Waals surface area contributed by atoms with E-state index in [1.165, 1.54) is 17.3 Å². The zero-order chi connectivity index (χ0) is 22.5. The van der Waals surface area contributed by atoms with E-state index in [9.17, 15) is 9.59 Å². The summed E-state index contributed by atoms with van der Waals surface area (Å²) in [4.78, 5) is 25.0. The number of rotatable bonds is 7. The summed E-state index contributed by atoms with van der Waals surface area (Å²) < 4.78 is 1.72. The van der Waals surface area contributed by atoms with E-state index >= 15 is 0 Å². The van der Waals surface area contributed by atoms with Crippen LogP contribution in [0.15, 0.2) is 72.0 Å². The fourth-order valence-corrected chi connectivity index (χ4v) is 3.90. The largest absolute Gasteiger partial charge is 0.325 e. The Hall–Kier alpha value is -3.65. The van der Waals surface area contributed by atoms with Gasteiger partial charge in [0.2, 0.25) is 5.91 Å². The average Bonchev–Trinajstić information content (AvgIpc) is 3.20. The van der Waals surface area contributed by atoms with Crippen molar-refractivity contribution in [3.63, 3.8) is 0 Å². The molecule has 32 heavy (non-hydrogen) atoms. The van der Waals surface area contributed by atoms with E-state index in [0.717, 1.165) is 23.4 Å². The third-order valence-electron chi connectivity index (χ3n) is 4.89. The maximum atomic E-state index is 12.7. The van der Waals surface area contributed by atoms with Crippen molar-refractivity contribution in [3.8, 4) is 0 Å². The van der Waals surface area contributed by atoms with Gasteiger partial charge >= 0.3 is 0 Å². The standard InChI is InChI=1S/C24H23N5O2S/c1-3-17-7-10-19(11-8-17)25-22(30)15-32-24-28-27-21-12-9-18(14-29(21)24)23(31)26-20-6-4-5-16(2)13-20/h4-14H,3,15H2,1-2H3,(H,25,30)(H,26,31). The Morgan fingerprint density at radius 1 is 0.969 bits per heavy atom. The molecule has 162 valence electrons. The average molecular weight is 446 g/mol. The van der Waals surface area contributed by atoms with Crippen LogP contribution >= 0.6 is 11.8 Å². The molecule has 2 aromatic heterocycles. The normalized spacial score (nSPS) is 10.8. The summed E-state index contributed by atoms with van der Waals surface area (Å²) in [7, 11) is 0. The molecule has 2 aromatic carbocycles. The Morgan fingerprint density at radius 3 is 2.53 bits per heavy atom. The van der Waals surface area contributed by atoms with Gasteiger partial charge in [-0.25, -0.2) is 0 Å².